The third kappa shape index (κ3) is 5.05. The summed E-state index contributed by atoms with van der Waals surface area (Å²) in [5.74, 6) is -0.0487. The molecule has 0 aliphatic carbocycles. The largest absolute Gasteiger partial charge is 0.348 e. The first-order valence-corrected chi connectivity index (χ1v) is 5.92. The van der Waals surface area contributed by atoms with Crippen molar-refractivity contribution >= 4 is 23.6 Å². The van der Waals surface area contributed by atoms with E-state index in [2.05, 4.69) is 5.32 Å². The number of hydrogen-bond acceptors (Lipinski definition) is 1. The van der Waals surface area contributed by atoms with Gasteiger partial charge in [0.05, 0.1) is 0 Å². The second-order valence-corrected chi connectivity index (χ2v) is 5.52. The van der Waals surface area contributed by atoms with Crippen LogP contribution >= 0.6 is 11.6 Å². The van der Waals surface area contributed by atoms with Crippen molar-refractivity contribution < 1.29 is 4.79 Å². The van der Waals surface area contributed by atoms with Gasteiger partial charge >= 0.3 is 0 Å². The Morgan fingerprint density at radius 1 is 1.24 bits per heavy atom. The highest BCUT2D eigenvalue weighted by molar-refractivity contribution is 6.30. The highest BCUT2D eigenvalue weighted by atomic mass is 35.5. The van der Waals surface area contributed by atoms with E-state index in [1.54, 1.807) is 6.92 Å². The lowest BCUT2D eigenvalue weighted by Crippen LogP contribution is -2.40. The molecule has 0 atom stereocenters. The molecule has 92 valence electrons. The third-order valence-corrected chi connectivity index (χ3v) is 2.35. The van der Waals surface area contributed by atoms with Crippen LogP contribution in [0.4, 0.5) is 0 Å². The molecular weight excluding hydrogens is 234 g/mol. The number of nitrogens with one attached hydrogen (secondary N) is 1. The van der Waals surface area contributed by atoms with Crippen LogP contribution in [0.3, 0.4) is 0 Å². The Morgan fingerprint density at radius 2 is 1.76 bits per heavy atom. The molecule has 0 saturated heterocycles. The molecule has 1 N–H and O–H groups in total. The van der Waals surface area contributed by atoms with Crippen molar-refractivity contribution in [3.63, 3.8) is 0 Å². The molecule has 0 aliphatic heterocycles. The molecule has 0 fully saturated rings. The van der Waals surface area contributed by atoms with Crippen molar-refractivity contribution in [3.8, 4) is 0 Å². The van der Waals surface area contributed by atoms with E-state index in [1.165, 1.54) is 0 Å². The maximum Gasteiger partial charge on any atom is 0.247 e. The lowest BCUT2D eigenvalue weighted by Gasteiger charge is -2.20. The molecule has 1 aromatic rings. The molecule has 0 saturated carbocycles. The minimum absolute atomic E-state index is 0.0487. The summed E-state index contributed by atoms with van der Waals surface area (Å²) in [6.07, 6.45) is 1.84. The van der Waals surface area contributed by atoms with Crippen LogP contribution in [-0.4, -0.2) is 11.4 Å². The Labute approximate surface area is 108 Å². The van der Waals surface area contributed by atoms with Crippen molar-refractivity contribution in [2.75, 3.05) is 0 Å². The van der Waals surface area contributed by atoms with E-state index in [4.69, 9.17) is 11.6 Å². The van der Waals surface area contributed by atoms with Gasteiger partial charge in [-0.15, -0.1) is 0 Å². The second-order valence-electron chi connectivity index (χ2n) is 5.08. The number of carbonyl (C=O) groups is 1. The molecule has 3 heteroatoms. The first kappa shape index (κ1) is 13.8. The fourth-order valence-corrected chi connectivity index (χ4v) is 1.44. The van der Waals surface area contributed by atoms with Gasteiger partial charge in [0.1, 0.15) is 0 Å². The fourth-order valence-electron chi connectivity index (χ4n) is 1.31. The molecule has 1 aromatic carbocycles. The summed E-state index contributed by atoms with van der Waals surface area (Å²) in [6.45, 7) is 7.68. The zero-order valence-electron chi connectivity index (χ0n) is 10.7. The van der Waals surface area contributed by atoms with E-state index in [-0.39, 0.29) is 11.4 Å². The Bertz CT molecular complexity index is 427. The molecule has 0 radical (unpaired) electrons. The van der Waals surface area contributed by atoms with Crippen LogP contribution in [0.15, 0.2) is 29.8 Å². The van der Waals surface area contributed by atoms with Crippen molar-refractivity contribution in [2.24, 2.45) is 0 Å². The molecule has 0 bridgehead atoms. The van der Waals surface area contributed by atoms with Crippen molar-refractivity contribution in [2.45, 2.75) is 33.2 Å². The van der Waals surface area contributed by atoms with E-state index in [1.807, 2.05) is 51.1 Å². The van der Waals surface area contributed by atoms with Gasteiger partial charge < -0.3 is 5.32 Å². The summed E-state index contributed by atoms with van der Waals surface area (Å²) in [6, 6.07) is 7.39. The van der Waals surface area contributed by atoms with Crippen LogP contribution in [0.2, 0.25) is 5.02 Å². The minimum atomic E-state index is -0.216. The molecule has 17 heavy (non-hydrogen) atoms. The number of hydrogen-bond donors (Lipinski definition) is 1. The molecule has 0 spiro atoms. The maximum absolute atomic E-state index is 11.8. The summed E-state index contributed by atoms with van der Waals surface area (Å²) in [5.41, 5.74) is 1.44. The van der Waals surface area contributed by atoms with Gasteiger partial charge in [-0.1, -0.05) is 23.7 Å². The van der Waals surface area contributed by atoms with Gasteiger partial charge in [-0.3, -0.25) is 4.79 Å². The molecule has 1 amide bonds. The smallest absolute Gasteiger partial charge is 0.247 e. The average Bonchev–Trinajstić information content (AvgIpc) is 2.19. The SMILES string of the molecule is C/C(=C\c1ccc(Cl)cc1)C(=O)NC(C)(C)C. The predicted molar refractivity (Wildman–Crippen MR) is 73.0 cm³/mol. The van der Waals surface area contributed by atoms with Crippen LogP contribution in [0.25, 0.3) is 6.08 Å². The summed E-state index contributed by atoms with van der Waals surface area (Å²) in [4.78, 5) is 11.8. The van der Waals surface area contributed by atoms with Crippen LogP contribution in [0.1, 0.15) is 33.3 Å². The Hall–Kier alpha value is -1.28. The second kappa shape index (κ2) is 5.37. The number of benzene rings is 1. The standard InChI is InChI=1S/C14H18ClNO/c1-10(13(17)16-14(2,3)4)9-11-5-7-12(15)8-6-11/h5-9H,1-4H3,(H,16,17)/b10-9+. The number of halogens is 1. The van der Waals surface area contributed by atoms with E-state index < -0.39 is 0 Å². The van der Waals surface area contributed by atoms with Crippen molar-refractivity contribution in [1.29, 1.82) is 0 Å². The van der Waals surface area contributed by atoms with Crippen LogP contribution in [0.5, 0.6) is 0 Å². The number of carbonyl (C=O) groups excluding carboxylic acids is 1. The number of rotatable bonds is 2. The first-order chi connectivity index (χ1) is 7.78. The van der Waals surface area contributed by atoms with E-state index >= 15 is 0 Å². The van der Waals surface area contributed by atoms with Crippen molar-refractivity contribution in [1.82, 2.24) is 5.32 Å². The normalized spacial score (nSPS) is 12.4. The lowest BCUT2D eigenvalue weighted by atomic mass is 10.1. The molecular formula is C14H18ClNO. The molecule has 0 aromatic heterocycles. The van der Waals surface area contributed by atoms with E-state index in [0.29, 0.717) is 10.6 Å². The Kier molecular flexibility index (Phi) is 4.35. The topological polar surface area (TPSA) is 29.1 Å². The van der Waals surface area contributed by atoms with Gasteiger partial charge in [0.15, 0.2) is 0 Å². The summed E-state index contributed by atoms with van der Waals surface area (Å²) < 4.78 is 0. The molecule has 1 rings (SSSR count). The fraction of sp³-hybridized carbons (Fsp3) is 0.357. The minimum Gasteiger partial charge on any atom is -0.348 e. The molecule has 0 unspecified atom stereocenters. The highest BCUT2D eigenvalue weighted by Crippen LogP contribution is 2.13. The van der Waals surface area contributed by atoms with Crippen LogP contribution in [0, 0.1) is 0 Å². The van der Waals surface area contributed by atoms with Gasteiger partial charge in [-0.05, 0) is 51.5 Å². The molecule has 0 aliphatic rings. The number of amides is 1. The van der Waals surface area contributed by atoms with E-state index in [9.17, 15) is 4.79 Å². The molecule has 2 nitrogen and oxygen atoms in total. The Balaban J connectivity index is 2.79. The maximum atomic E-state index is 11.8. The summed E-state index contributed by atoms with van der Waals surface area (Å²) in [5, 5.41) is 3.61. The van der Waals surface area contributed by atoms with Gasteiger partial charge in [0.2, 0.25) is 5.91 Å². The average molecular weight is 252 g/mol. The summed E-state index contributed by atoms with van der Waals surface area (Å²) in [7, 11) is 0. The quantitative estimate of drug-likeness (QED) is 0.799. The lowest BCUT2D eigenvalue weighted by molar-refractivity contribution is -0.118. The summed E-state index contributed by atoms with van der Waals surface area (Å²) >= 11 is 5.80. The van der Waals surface area contributed by atoms with Gasteiger partial charge in [-0.25, -0.2) is 0 Å². The van der Waals surface area contributed by atoms with Gasteiger partial charge in [-0.2, -0.15) is 0 Å². The zero-order valence-corrected chi connectivity index (χ0v) is 11.4. The van der Waals surface area contributed by atoms with Gasteiger partial charge in [0, 0.05) is 16.1 Å². The van der Waals surface area contributed by atoms with E-state index in [0.717, 1.165) is 5.56 Å². The van der Waals surface area contributed by atoms with Crippen LogP contribution < -0.4 is 5.32 Å². The van der Waals surface area contributed by atoms with Crippen LogP contribution in [-0.2, 0) is 4.79 Å². The third-order valence-electron chi connectivity index (χ3n) is 2.10. The Morgan fingerprint density at radius 3 is 2.24 bits per heavy atom. The highest BCUT2D eigenvalue weighted by Gasteiger charge is 2.14. The molecule has 0 heterocycles. The van der Waals surface area contributed by atoms with Gasteiger partial charge in [0.25, 0.3) is 0 Å². The first-order valence-electron chi connectivity index (χ1n) is 5.54. The predicted octanol–water partition coefficient (Wildman–Crippen LogP) is 3.66. The van der Waals surface area contributed by atoms with Crippen molar-refractivity contribution in [3.05, 3.63) is 40.4 Å². The zero-order chi connectivity index (χ0) is 13.1. The monoisotopic (exact) mass is 251 g/mol.